The topological polar surface area (TPSA) is 24.5 Å². The number of ether oxygens (including phenoxy) is 1. The molecule has 0 radical (unpaired) electrons. The number of rotatable bonds is 4. The fourth-order valence-electron chi connectivity index (χ4n) is 3.41. The summed E-state index contributed by atoms with van der Waals surface area (Å²) in [6, 6.07) is 6.63. The minimum Gasteiger partial charge on any atom is -0.405 e. The van der Waals surface area contributed by atoms with Gasteiger partial charge < -0.3 is 10.1 Å². The fraction of sp³-hybridized carbons (Fsp3) is 0.625. The van der Waals surface area contributed by atoms with Crippen LogP contribution in [-0.2, 0) is 0 Å². The van der Waals surface area contributed by atoms with Gasteiger partial charge in [0.2, 0.25) is 0 Å². The van der Waals surface area contributed by atoms with Crippen molar-refractivity contribution >= 4 is 24.8 Å². The molecule has 1 aromatic rings. The molecule has 1 saturated carbocycles. The standard InChI is InChI=1S/C16H21F3N2O.2ClH/c17-16(18,19)22-14-7-2-1-6-13(14)15(12-4-3-5-12)21-10-8-20-9-11-21;;/h1-2,6-7,12,15,20H,3-5,8-11H2;2*1H/t15-;;/m0../s1. The Morgan fingerprint density at radius 2 is 1.71 bits per heavy atom. The molecule has 1 N–H and O–H groups in total. The van der Waals surface area contributed by atoms with Gasteiger partial charge in [-0.15, -0.1) is 38.0 Å². The van der Waals surface area contributed by atoms with Crippen LogP contribution in [0.2, 0.25) is 0 Å². The van der Waals surface area contributed by atoms with Crippen molar-refractivity contribution in [3.8, 4) is 5.75 Å². The lowest BCUT2D eigenvalue weighted by molar-refractivity contribution is -0.275. The minimum absolute atomic E-state index is 0. The van der Waals surface area contributed by atoms with Gasteiger partial charge in [-0.25, -0.2) is 0 Å². The van der Waals surface area contributed by atoms with E-state index in [0.717, 1.165) is 45.4 Å². The van der Waals surface area contributed by atoms with E-state index < -0.39 is 6.36 Å². The first-order chi connectivity index (χ1) is 10.5. The summed E-state index contributed by atoms with van der Waals surface area (Å²) in [7, 11) is 0. The molecule has 1 aliphatic carbocycles. The summed E-state index contributed by atoms with van der Waals surface area (Å²) in [5.41, 5.74) is 0.673. The van der Waals surface area contributed by atoms with Crippen LogP contribution < -0.4 is 10.1 Å². The maximum absolute atomic E-state index is 12.7. The molecule has 0 amide bonds. The molecule has 138 valence electrons. The number of halogens is 5. The highest BCUT2D eigenvalue weighted by atomic mass is 35.5. The van der Waals surface area contributed by atoms with Gasteiger partial charge in [0.1, 0.15) is 5.75 Å². The Morgan fingerprint density at radius 1 is 1.08 bits per heavy atom. The molecule has 0 unspecified atom stereocenters. The lowest BCUT2D eigenvalue weighted by Gasteiger charge is -2.43. The Kier molecular flexibility index (Phi) is 8.12. The lowest BCUT2D eigenvalue weighted by Crippen LogP contribution is -2.48. The first kappa shape index (κ1) is 21.4. The van der Waals surface area contributed by atoms with Gasteiger partial charge in [-0.1, -0.05) is 24.6 Å². The average Bonchev–Trinajstić information content (AvgIpc) is 2.43. The SMILES string of the molecule is Cl.Cl.FC(F)(F)Oc1ccccc1[C@H](C1CCC1)N1CCNCC1. The summed E-state index contributed by atoms with van der Waals surface area (Å²) in [6.07, 6.45) is -1.33. The predicted octanol–water partition coefficient (Wildman–Crippen LogP) is 4.18. The maximum Gasteiger partial charge on any atom is 0.573 e. The van der Waals surface area contributed by atoms with Gasteiger partial charge in [0.15, 0.2) is 0 Å². The molecule has 1 heterocycles. The van der Waals surface area contributed by atoms with Crippen molar-refractivity contribution < 1.29 is 17.9 Å². The third kappa shape index (κ3) is 5.15. The van der Waals surface area contributed by atoms with Crippen molar-refractivity contribution in [2.75, 3.05) is 26.2 Å². The molecule has 3 nitrogen and oxygen atoms in total. The van der Waals surface area contributed by atoms with E-state index in [-0.39, 0.29) is 36.6 Å². The largest absolute Gasteiger partial charge is 0.573 e. The molecule has 1 aromatic carbocycles. The van der Waals surface area contributed by atoms with Crippen molar-refractivity contribution in [1.82, 2.24) is 10.2 Å². The Bertz CT molecular complexity index is 506. The summed E-state index contributed by atoms with van der Waals surface area (Å²) < 4.78 is 42.3. The zero-order chi connectivity index (χ0) is 15.6. The molecule has 1 saturated heterocycles. The third-order valence-corrected chi connectivity index (χ3v) is 4.60. The molecule has 0 spiro atoms. The summed E-state index contributed by atoms with van der Waals surface area (Å²) in [4.78, 5) is 2.30. The normalized spacial score (nSPS) is 20.3. The van der Waals surface area contributed by atoms with E-state index >= 15 is 0 Å². The van der Waals surface area contributed by atoms with Gasteiger partial charge in [0.25, 0.3) is 0 Å². The Balaban J connectivity index is 0.00000144. The first-order valence-corrected chi connectivity index (χ1v) is 7.84. The van der Waals surface area contributed by atoms with Crippen LogP contribution in [-0.4, -0.2) is 37.4 Å². The van der Waals surface area contributed by atoms with Crippen molar-refractivity contribution in [1.29, 1.82) is 0 Å². The molecule has 3 rings (SSSR count). The van der Waals surface area contributed by atoms with Crippen LogP contribution in [0.15, 0.2) is 24.3 Å². The Hall–Kier alpha value is -0.690. The molecule has 2 fully saturated rings. The van der Waals surface area contributed by atoms with Crippen molar-refractivity contribution in [3.05, 3.63) is 29.8 Å². The van der Waals surface area contributed by atoms with Crippen LogP contribution in [0, 0.1) is 5.92 Å². The number of nitrogens with one attached hydrogen (secondary N) is 1. The number of nitrogens with zero attached hydrogens (tertiary/aromatic N) is 1. The Morgan fingerprint density at radius 3 is 2.25 bits per heavy atom. The van der Waals surface area contributed by atoms with E-state index in [1.54, 1.807) is 18.2 Å². The molecular weight excluding hydrogens is 364 g/mol. The van der Waals surface area contributed by atoms with Crippen molar-refractivity contribution in [2.45, 2.75) is 31.7 Å². The highest BCUT2D eigenvalue weighted by Crippen LogP contribution is 2.44. The van der Waals surface area contributed by atoms with Crippen LogP contribution in [0.1, 0.15) is 30.9 Å². The summed E-state index contributed by atoms with van der Waals surface area (Å²) in [5, 5.41) is 3.30. The highest BCUT2D eigenvalue weighted by molar-refractivity contribution is 5.85. The smallest absolute Gasteiger partial charge is 0.405 e. The molecule has 0 aromatic heterocycles. The van der Waals surface area contributed by atoms with Gasteiger partial charge in [-0.3, -0.25) is 4.90 Å². The summed E-state index contributed by atoms with van der Waals surface area (Å²) in [6.45, 7) is 3.49. The van der Waals surface area contributed by atoms with Gasteiger partial charge in [0, 0.05) is 37.8 Å². The third-order valence-electron chi connectivity index (χ3n) is 4.60. The summed E-state index contributed by atoms with van der Waals surface area (Å²) >= 11 is 0. The first-order valence-electron chi connectivity index (χ1n) is 7.84. The van der Waals surface area contributed by atoms with E-state index in [2.05, 4.69) is 15.0 Å². The summed E-state index contributed by atoms with van der Waals surface area (Å²) in [5.74, 6) is 0.376. The van der Waals surface area contributed by atoms with Gasteiger partial charge in [-0.2, -0.15) is 0 Å². The number of piperazine rings is 1. The predicted molar refractivity (Wildman–Crippen MR) is 92.1 cm³/mol. The van der Waals surface area contributed by atoms with Crippen molar-refractivity contribution in [2.24, 2.45) is 5.92 Å². The van der Waals surface area contributed by atoms with Gasteiger partial charge in [0.05, 0.1) is 0 Å². The quantitative estimate of drug-likeness (QED) is 0.839. The number of para-hydroxylation sites is 1. The molecule has 1 aliphatic heterocycles. The molecule has 1 atom stereocenters. The molecule has 24 heavy (non-hydrogen) atoms. The van der Waals surface area contributed by atoms with Crippen LogP contribution in [0.3, 0.4) is 0 Å². The maximum atomic E-state index is 12.7. The lowest BCUT2D eigenvalue weighted by atomic mass is 9.76. The average molecular weight is 387 g/mol. The molecule has 8 heteroatoms. The minimum atomic E-state index is -4.65. The zero-order valence-electron chi connectivity index (χ0n) is 13.2. The molecular formula is C16H23Cl2F3N2O. The van der Waals surface area contributed by atoms with Crippen LogP contribution in [0.5, 0.6) is 5.75 Å². The van der Waals surface area contributed by atoms with E-state index in [9.17, 15) is 13.2 Å². The van der Waals surface area contributed by atoms with Gasteiger partial charge in [-0.05, 0) is 24.8 Å². The van der Waals surface area contributed by atoms with Crippen molar-refractivity contribution in [3.63, 3.8) is 0 Å². The number of hydrogen-bond donors (Lipinski definition) is 1. The number of alkyl halides is 3. The highest BCUT2D eigenvalue weighted by Gasteiger charge is 2.38. The molecule has 2 aliphatic rings. The van der Waals surface area contributed by atoms with Crippen LogP contribution >= 0.6 is 24.8 Å². The fourth-order valence-corrected chi connectivity index (χ4v) is 3.41. The van der Waals surface area contributed by atoms with E-state index in [1.807, 2.05) is 0 Å². The van der Waals surface area contributed by atoms with Crippen LogP contribution in [0.25, 0.3) is 0 Å². The molecule has 0 bridgehead atoms. The second kappa shape index (κ2) is 9.13. The van der Waals surface area contributed by atoms with E-state index in [1.165, 1.54) is 6.07 Å². The van der Waals surface area contributed by atoms with Gasteiger partial charge >= 0.3 is 6.36 Å². The van der Waals surface area contributed by atoms with E-state index in [4.69, 9.17) is 0 Å². The number of benzene rings is 1. The second-order valence-electron chi connectivity index (χ2n) is 6.01. The monoisotopic (exact) mass is 386 g/mol. The van der Waals surface area contributed by atoms with Crippen LogP contribution in [0.4, 0.5) is 13.2 Å². The Labute approximate surface area is 152 Å². The van der Waals surface area contributed by atoms with E-state index in [0.29, 0.717) is 11.5 Å². The number of hydrogen-bond acceptors (Lipinski definition) is 3. The zero-order valence-corrected chi connectivity index (χ0v) is 14.9. The second-order valence-corrected chi connectivity index (χ2v) is 6.01.